The van der Waals surface area contributed by atoms with Crippen molar-refractivity contribution in [2.75, 3.05) is 75.2 Å². The number of hydrogen-bond donors (Lipinski definition) is 6. The van der Waals surface area contributed by atoms with Crippen LogP contribution in [-0.4, -0.2) is 90.2 Å². The predicted molar refractivity (Wildman–Crippen MR) is 154 cm³/mol. The van der Waals surface area contributed by atoms with E-state index in [2.05, 4.69) is 41.2 Å². The molecular formula is C27H39N9O4. The molecule has 40 heavy (non-hydrogen) atoms. The molecule has 2 heterocycles. The summed E-state index contributed by atoms with van der Waals surface area (Å²) < 4.78 is 10.6. The smallest absolute Gasteiger partial charge is 0.233 e. The maximum atomic E-state index is 12.2. The molecule has 0 bridgehead atoms. The van der Waals surface area contributed by atoms with Crippen molar-refractivity contribution < 1.29 is 19.4 Å². The van der Waals surface area contributed by atoms with Gasteiger partial charge in [0, 0.05) is 56.8 Å². The summed E-state index contributed by atoms with van der Waals surface area (Å²) in [6.07, 6.45) is 3.31. The number of carbonyl (C=O) groups excluding carboxylic acids is 1. The first-order valence-corrected chi connectivity index (χ1v) is 13.4. The van der Waals surface area contributed by atoms with E-state index in [1.165, 1.54) is 0 Å². The van der Waals surface area contributed by atoms with Gasteiger partial charge in [0.2, 0.25) is 23.8 Å². The van der Waals surface area contributed by atoms with Crippen molar-refractivity contribution in [3.8, 4) is 0 Å². The van der Waals surface area contributed by atoms with Crippen LogP contribution in [0.15, 0.2) is 48.7 Å². The van der Waals surface area contributed by atoms with E-state index in [-0.39, 0.29) is 18.9 Å². The number of aromatic nitrogens is 4. The molecule has 216 valence electrons. The molecule has 3 rings (SSSR count). The van der Waals surface area contributed by atoms with Gasteiger partial charge in [0.15, 0.2) is 0 Å². The molecule has 0 aliphatic heterocycles. The van der Waals surface area contributed by atoms with Crippen LogP contribution in [-0.2, 0) is 27.1 Å². The average Bonchev–Trinajstić information content (AvgIpc) is 2.96. The minimum absolute atomic E-state index is 0.0710. The summed E-state index contributed by atoms with van der Waals surface area (Å²) in [4.78, 5) is 29.9. The summed E-state index contributed by atoms with van der Waals surface area (Å²) in [6, 6.07) is 13.3. The van der Waals surface area contributed by atoms with Gasteiger partial charge in [0.05, 0.1) is 32.8 Å². The molecule has 3 aromatic rings. The van der Waals surface area contributed by atoms with Crippen LogP contribution in [0.2, 0.25) is 0 Å². The van der Waals surface area contributed by atoms with Crippen LogP contribution in [0.3, 0.4) is 0 Å². The molecule has 0 atom stereocenters. The molecule has 7 N–H and O–H groups in total. The Bertz CT molecular complexity index is 1120. The highest BCUT2D eigenvalue weighted by Crippen LogP contribution is 2.17. The summed E-state index contributed by atoms with van der Waals surface area (Å²) in [5.41, 5.74) is 7.96. The molecule has 0 fully saturated rings. The van der Waals surface area contributed by atoms with Crippen LogP contribution in [0.4, 0.5) is 23.5 Å². The number of amides is 1. The van der Waals surface area contributed by atoms with E-state index in [0.717, 1.165) is 23.4 Å². The lowest BCUT2D eigenvalue weighted by Gasteiger charge is -2.12. The quantitative estimate of drug-likeness (QED) is 0.110. The first kappa shape index (κ1) is 30.6. The van der Waals surface area contributed by atoms with Gasteiger partial charge in [-0.2, -0.15) is 15.0 Å². The third-order valence-electron chi connectivity index (χ3n) is 5.42. The molecular weight excluding hydrogens is 514 g/mol. The van der Waals surface area contributed by atoms with Crippen molar-refractivity contribution >= 4 is 29.4 Å². The van der Waals surface area contributed by atoms with Gasteiger partial charge in [-0.3, -0.25) is 9.78 Å². The van der Waals surface area contributed by atoms with E-state index in [9.17, 15) is 4.79 Å². The Morgan fingerprint density at radius 2 is 1.57 bits per heavy atom. The maximum Gasteiger partial charge on any atom is 0.233 e. The SMILES string of the molecule is NCCOCCOCCNC(=O)Cc1ccc(Nc2nc(NCCCO)nc(NCCc3ccccn3)n2)cc1. The lowest BCUT2D eigenvalue weighted by atomic mass is 10.1. The van der Waals surface area contributed by atoms with E-state index < -0.39 is 0 Å². The second-order valence-corrected chi connectivity index (χ2v) is 8.67. The summed E-state index contributed by atoms with van der Waals surface area (Å²) >= 11 is 0. The lowest BCUT2D eigenvalue weighted by Crippen LogP contribution is -2.29. The number of pyridine rings is 1. The highest BCUT2D eigenvalue weighted by molar-refractivity contribution is 5.78. The summed E-state index contributed by atoms with van der Waals surface area (Å²) in [6.45, 7) is 4.01. The second kappa shape index (κ2) is 18.4. The first-order chi connectivity index (χ1) is 19.7. The van der Waals surface area contributed by atoms with Crippen molar-refractivity contribution in [1.82, 2.24) is 25.3 Å². The Morgan fingerprint density at radius 3 is 2.27 bits per heavy atom. The summed E-state index contributed by atoms with van der Waals surface area (Å²) in [5.74, 6) is 1.09. The summed E-state index contributed by atoms with van der Waals surface area (Å²) in [7, 11) is 0. The van der Waals surface area contributed by atoms with Crippen LogP contribution >= 0.6 is 0 Å². The number of benzene rings is 1. The van der Waals surface area contributed by atoms with Gasteiger partial charge in [0.25, 0.3) is 0 Å². The molecule has 1 aromatic carbocycles. The van der Waals surface area contributed by atoms with Crippen molar-refractivity contribution in [3.05, 3.63) is 59.9 Å². The number of anilines is 4. The number of nitrogens with one attached hydrogen (secondary N) is 4. The Labute approximate surface area is 234 Å². The number of ether oxygens (including phenoxy) is 2. The molecule has 0 radical (unpaired) electrons. The number of carbonyl (C=O) groups is 1. The number of rotatable bonds is 20. The Morgan fingerprint density at radius 1 is 0.850 bits per heavy atom. The summed E-state index contributed by atoms with van der Waals surface area (Å²) in [5, 5.41) is 21.5. The predicted octanol–water partition coefficient (Wildman–Crippen LogP) is 1.11. The molecule has 0 unspecified atom stereocenters. The van der Waals surface area contributed by atoms with Gasteiger partial charge in [-0.15, -0.1) is 0 Å². The van der Waals surface area contributed by atoms with Gasteiger partial charge in [0.1, 0.15) is 0 Å². The highest BCUT2D eigenvalue weighted by Gasteiger charge is 2.08. The van der Waals surface area contributed by atoms with Crippen LogP contribution in [0.25, 0.3) is 0 Å². The lowest BCUT2D eigenvalue weighted by molar-refractivity contribution is -0.120. The number of nitrogens with two attached hydrogens (primary N) is 1. The number of aliphatic hydroxyl groups excluding tert-OH is 1. The van der Waals surface area contributed by atoms with Crippen molar-refractivity contribution in [2.45, 2.75) is 19.3 Å². The zero-order valence-corrected chi connectivity index (χ0v) is 22.6. The zero-order chi connectivity index (χ0) is 28.3. The molecule has 0 aliphatic carbocycles. The largest absolute Gasteiger partial charge is 0.396 e. The second-order valence-electron chi connectivity index (χ2n) is 8.67. The molecule has 13 nitrogen and oxygen atoms in total. The van der Waals surface area contributed by atoms with Crippen molar-refractivity contribution in [3.63, 3.8) is 0 Å². The monoisotopic (exact) mass is 553 g/mol. The fourth-order valence-corrected chi connectivity index (χ4v) is 3.47. The van der Waals surface area contributed by atoms with Crippen LogP contribution in [0, 0.1) is 0 Å². The topological polar surface area (TPSA) is 181 Å². The molecule has 0 aliphatic rings. The van der Waals surface area contributed by atoms with E-state index in [1.807, 2.05) is 42.5 Å². The third-order valence-corrected chi connectivity index (χ3v) is 5.42. The molecule has 13 heteroatoms. The Balaban J connectivity index is 1.49. The maximum absolute atomic E-state index is 12.2. The van der Waals surface area contributed by atoms with Crippen LogP contribution < -0.4 is 27.0 Å². The Kier molecular flexibility index (Phi) is 14.1. The van der Waals surface area contributed by atoms with E-state index >= 15 is 0 Å². The third kappa shape index (κ3) is 12.3. The van der Waals surface area contributed by atoms with Crippen molar-refractivity contribution in [2.24, 2.45) is 5.73 Å². The van der Waals surface area contributed by atoms with Gasteiger partial charge in [-0.25, -0.2) is 0 Å². The fraction of sp³-hybridized carbons (Fsp3) is 0.444. The highest BCUT2D eigenvalue weighted by atomic mass is 16.5. The first-order valence-electron chi connectivity index (χ1n) is 13.4. The zero-order valence-electron chi connectivity index (χ0n) is 22.6. The van der Waals surface area contributed by atoms with Crippen LogP contribution in [0.1, 0.15) is 17.7 Å². The number of nitrogens with zero attached hydrogens (tertiary/aromatic N) is 4. The van der Waals surface area contributed by atoms with E-state index in [0.29, 0.717) is 76.9 Å². The minimum Gasteiger partial charge on any atom is -0.396 e. The molecule has 0 spiro atoms. The van der Waals surface area contributed by atoms with Crippen LogP contribution in [0.5, 0.6) is 0 Å². The fourth-order valence-electron chi connectivity index (χ4n) is 3.47. The minimum atomic E-state index is -0.0822. The molecule has 0 saturated carbocycles. The van der Waals surface area contributed by atoms with Gasteiger partial charge >= 0.3 is 0 Å². The number of aliphatic hydroxyl groups is 1. The van der Waals surface area contributed by atoms with E-state index in [4.69, 9.17) is 20.3 Å². The van der Waals surface area contributed by atoms with Gasteiger partial charge in [-0.05, 0) is 36.2 Å². The average molecular weight is 554 g/mol. The van der Waals surface area contributed by atoms with E-state index in [1.54, 1.807) is 6.20 Å². The molecule has 1 amide bonds. The van der Waals surface area contributed by atoms with Gasteiger partial charge < -0.3 is 41.6 Å². The Hall–Kier alpha value is -3.91. The van der Waals surface area contributed by atoms with Gasteiger partial charge in [-0.1, -0.05) is 18.2 Å². The standard InChI is InChI=1S/C27H39N9O4/c28-10-16-39-18-19-40-17-14-30-24(38)20-21-5-7-23(8-6-21)33-27-35-25(31-12-3-15-37)34-26(36-27)32-13-9-22-4-1-2-11-29-22/h1-2,4-8,11,37H,3,9-10,12-20,28H2,(H,30,38)(H3,31,32,33,34,35,36). The normalized spacial score (nSPS) is 10.8. The van der Waals surface area contributed by atoms with Crippen molar-refractivity contribution in [1.29, 1.82) is 0 Å². The number of hydrogen-bond acceptors (Lipinski definition) is 12. The molecule has 2 aromatic heterocycles. The molecule has 0 saturated heterocycles.